The number of benzene rings is 2. The molecule has 4 aromatic rings. The molecule has 36 heavy (non-hydrogen) atoms. The third-order valence-corrected chi connectivity index (χ3v) is 8.23. The summed E-state index contributed by atoms with van der Waals surface area (Å²) in [5.41, 5.74) is 4.24. The van der Waals surface area contributed by atoms with Crippen LogP contribution in [0.25, 0.3) is 17.2 Å². The minimum absolute atomic E-state index is 0.127. The largest absolute Gasteiger partial charge is 0.448 e. The maximum Gasteiger partial charge on any atom is 0.270 e. The Balaban J connectivity index is 1.34. The van der Waals surface area contributed by atoms with E-state index >= 15 is 0 Å². The number of carbonyl (C=O) groups is 1. The van der Waals surface area contributed by atoms with Crippen molar-refractivity contribution >= 4 is 33.1 Å². The Bertz CT molecular complexity index is 1520. The zero-order valence-electron chi connectivity index (χ0n) is 20.4. The van der Waals surface area contributed by atoms with Gasteiger partial charge < -0.3 is 13.9 Å². The number of carbonyl (C=O) groups excluding carboxylic acids is 1. The van der Waals surface area contributed by atoms with Gasteiger partial charge in [-0.3, -0.25) is 4.79 Å². The summed E-state index contributed by atoms with van der Waals surface area (Å²) in [7, 11) is -3.61. The van der Waals surface area contributed by atoms with Gasteiger partial charge in [0.15, 0.2) is 0 Å². The second kappa shape index (κ2) is 9.79. The predicted octanol–water partition coefficient (Wildman–Crippen LogP) is 4.74. The molecule has 0 bridgehead atoms. The number of amides is 1. The zero-order chi connectivity index (χ0) is 25.3. The molecule has 2 aromatic carbocycles. The summed E-state index contributed by atoms with van der Waals surface area (Å²) >= 11 is 0. The molecule has 1 fully saturated rings. The lowest BCUT2D eigenvalue weighted by atomic mass is 10.1. The molecule has 5 rings (SSSR count). The number of hydrogen-bond acceptors (Lipinski definition) is 4. The standard InChI is InChI=1S/C28H29N3O4S/c1-21-7-6-10-24(17-21)20-30-26(18-25-11-15-35-28(25)30)27(32)29-13-14-31(22(2)19-29)36(33,34)16-12-23-8-4-3-5-9-23/h3-12,15-18,22H,13-14,19-20H2,1-2H3/b16-12+. The number of nitrogens with zero attached hydrogens (tertiary/aromatic N) is 3. The van der Waals surface area contributed by atoms with E-state index in [-0.39, 0.29) is 18.5 Å². The molecule has 1 aliphatic heterocycles. The summed E-state index contributed by atoms with van der Waals surface area (Å²) < 4.78 is 35.1. The van der Waals surface area contributed by atoms with Gasteiger partial charge in [-0.2, -0.15) is 4.31 Å². The minimum atomic E-state index is -3.61. The van der Waals surface area contributed by atoms with Crippen molar-refractivity contribution in [2.75, 3.05) is 19.6 Å². The Kier molecular flexibility index (Phi) is 6.55. The van der Waals surface area contributed by atoms with Crippen LogP contribution in [-0.2, 0) is 16.6 Å². The van der Waals surface area contributed by atoms with Crippen LogP contribution in [0, 0.1) is 6.92 Å². The molecule has 1 aliphatic rings. The van der Waals surface area contributed by atoms with Crippen molar-refractivity contribution in [3.63, 3.8) is 0 Å². The lowest BCUT2D eigenvalue weighted by Gasteiger charge is -2.38. The molecule has 186 valence electrons. The molecule has 0 spiro atoms. The number of aromatic nitrogens is 1. The second-order valence-corrected chi connectivity index (χ2v) is 11.0. The third-order valence-electron chi connectivity index (χ3n) is 6.56. The summed E-state index contributed by atoms with van der Waals surface area (Å²) in [6, 6.07) is 20.9. The normalized spacial score (nSPS) is 17.3. The van der Waals surface area contributed by atoms with Crippen molar-refractivity contribution in [2.24, 2.45) is 0 Å². The molecule has 1 atom stereocenters. The van der Waals surface area contributed by atoms with E-state index in [4.69, 9.17) is 4.42 Å². The van der Waals surface area contributed by atoms with E-state index in [9.17, 15) is 13.2 Å². The zero-order valence-corrected chi connectivity index (χ0v) is 21.2. The first-order chi connectivity index (χ1) is 17.3. The Labute approximate surface area is 211 Å². The molecule has 1 saturated heterocycles. The smallest absolute Gasteiger partial charge is 0.270 e. The molecule has 0 saturated carbocycles. The molecule has 1 unspecified atom stereocenters. The molecule has 0 aliphatic carbocycles. The van der Waals surface area contributed by atoms with Gasteiger partial charge in [-0.1, -0.05) is 60.2 Å². The van der Waals surface area contributed by atoms with E-state index in [2.05, 4.69) is 6.07 Å². The van der Waals surface area contributed by atoms with Gasteiger partial charge in [0, 0.05) is 36.5 Å². The van der Waals surface area contributed by atoms with Gasteiger partial charge in [-0.25, -0.2) is 8.42 Å². The molecule has 8 heteroatoms. The lowest BCUT2D eigenvalue weighted by Crippen LogP contribution is -2.55. The molecular formula is C28H29N3O4S. The van der Waals surface area contributed by atoms with Gasteiger partial charge in [0.2, 0.25) is 15.7 Å². The van der Waals surface area contributed by atoms with E-state index in [0.29, 0.717) is 31.0 Å². The summed E-state index contributed by atoms with van der Waals surface area (Å²) in [5, 5.41) is 2.11. The third kappa shape index (κ3) is 4.87. The predicted molar refractivity (Wildman–Crippen MR) is 141 cm³/mol. The van der Waals surface area contributed by atoms with Gasteiger partial charge in [0.1, 0.15) is 5.69 Å². The van der Waals surface area contributed by atoms with E-state index in [0.717, 1.165) is 22.1 Å². The van der Waals surface area contributed by atoms with E-state index in [1.54, 1.807) is 17.2 Å². The van der Waals surface area contributed by atoms with Crippen molar-refractivity contribution in [3.8, 4) is 0 Å². The quantitative estimate of drug-likeness (QED) is 0.381. The first-order valence-electron chi connectivity index (χ1n) is 12.0. The van der Waals surface area contributed by atoms with Crippen LogP contribution in [0.2, 0.25) is 0 Å². The lowest BCUT2D eigenvalue weighted by molar-refractivity contribution is 0.0633. The number of sulfonamides is 1. The van der Waals surface area contributed by atoms with Gasteiger partial charge >= 0.3 is 0 Å². The highest BCUT2D eigenvalue weighted by molar-refractivity contribution is 7.92. The highest BCUT2D eigenvalue weighted by atomic mass is 32.2. The van der Waals surface area contributed by atoms with Crippen LogP contribution >= 0.6 is 0 Å². The van der Waals surface area contributed by atoms with E-state index < -0.39 is 10.0 Å². The number of rotatable bonds is 6. The highest BCUT2D eigenvalue weighted by Gasteiger charge is 2.34. The highest BCUT2D eigenvalue weighted by Crippen LogP contribution is 2.25. The monoisotopic (exact) mass is 503 g/mol. The number of fused-ring (bicyclic) bond motifs is 1. The number of hydrogen-bond donors (Lipinski definition) is 0. The van der Waals surface area contributed by atoms with Crippen LogP contribution in [0.5, 0.6) is 0 Å². The summed E-state index contributed by atoms with van der Waals surface area (Å²) in [4.78, 5) is 15.4. The van der Waals surface area contributed by atoms with Crippen LogP contribution in [0.15, 0.2) is 82.8 Å². The second-order valence-electron chi connectivity index (χ2n) is 9.26. The first-order valence-corrected chi connectivity index (χ1v) is 13.5. The van der Waals surface area contributed by atoms with Crippen LogP contribution in [0.1, 0.15) is 34.1 Å². The van der Waals surface area contributed by atoms with Crippen molar-refractivity contribution in [1.29, 1.82) is 0 Å². The van der Waals surface area contributed by atoms with Gasteiger partial charge in [-0.15, -0.1) is 0 Å². The minimum Gasteiger partial charge on any atom is -0.448 e. The van der Waals surface area contributed by atoms with Gasteiger partial charge in [0.05, 0.1) is 12.8 Å². The summed E-state index contributed by atoms with van der Waals surface area (Å²) in [6.45, 7) is 5.26. The Morgan fingerprint density at radius 1 is 1.06 bits per heavy atom. The first kappa shape index (κ1) is 24.1. The average Bonchev–Trinajstić information content (AvgIpc) is 3.45. The van der Waals surface area contributed by atoms with Crippen molar-refractivity contribution < 1.29 is 17.6 Å². The number of piperazine rings is 1. The van der Waals surface area contributed by atoms with Crippen LogP contribution in [0.3, 0.4) is 0 Å². The average molecular weight is 504 g/mol. The van der Waals surface area contributed by atoms with E-state index in [1.165, 1.54) is 9.71 Å². The topological polar surface area (TPSA) is 75.8 Å². The maximum atomic E-state index is 13.6. The fourth-order valence-electron chi connectivity index (χ4n) is 4.77. The fourth-order valence-corrected chi connectivity index (χ4v) is 6.16. The molecule has 2 aromatic heterocycles. The van der Waals surface area contributed by atoms with Gasteiger partial charge in [0.25, 0.3) is 5.91 Å². The van der Waals surface area contributed by atoms with Crippen LogP contribution in [-0.4, -0.2) is 53.8 Å². The molecule has 0 radical (unpaired) electrons. The molecule has 0 N–H and O–H groups in total. The van der Waals surface area contributed by atoms with Gasteiger partial charge in [-0.05, 0) is 43.2 Å². The number of aryl methyl sites for hydroxylation is 1. The molecule has 7 nitrogen and oxygen atoms in total. The SMILES string of the molecule is Cc1cccc(Cn2c(C(=O)N3CCN(S(=O)(=O)/C=C/c4ccccc4)C(C)C3)cc3ccoc32)c1. The molecule has 3 heterocycles. The fraction of sp³-hybridized carbons (Fsp3) is 0.250. The molecule has 1 amide bonds. The number of furan rings is 1. The van der Waals surface area contributed by atoms with Crippen molar-refractivity contribution in [1.82, 2.24) is 13.8 Å². The summed E-state index contributed by atoms with van der Waals surface area (Å²) in [5.74, 6) is -0.127. The van der Waals surface area contributed by atoms with Crippen LogP contribution < -0.4 is 0 Å². The molecular weight excluding hydrogens is 474 g/mol. The van der Waals surface area contributed by atoms with Crippen LogP contribution in [0.4, 0.5) is 0 Å². The summed E-state index contributed by atoms with van der Waals surface area (Å²) in [6.07, 6.45) is 3.23. The Hall–Kier alpha value is -3.62. The maximum absolute atomic E-state index is 13.6. The van der Waals surface area contributed by atoms with Crippen molar-refractivity contribution in [3.05, 3.63) is 101 Å². The van der Waals surface area contributed by atoms with E-state index in [1.807, 2.05) is 79.1 Å². The van der Waals surface area contributed by atoms with Crippen molar-refractivity contribution in [2.45, 2.75) is 26.4 Å². The Morgan fingerprint density at radius 2 is 1.86 bits per heavy atom. The Morgan fingerprint density at radius 3 is 2.61 bits per heavy atom.